The molecule has 0 spiro atoms. The number of anilines is 1. The number of allylic oxidation sites excluding steroid dienone is 2. The van der Waals surface area contributed by atoms with E-state index in [2.05, 4.69) is 26.9 Å². The van der Waals surface area contributed by atoms with Crippen LogP contribution in [-0.4, -0.2) is 77.9 Å². The minimum Gasteiger partial charge on any atom is -0.459 e. The molecule has 8 nitrogen and oxygen atoms in total. The molecule has 4 aliphatic rings. The van der Waals surface area contributed by atoms with Gasteiger partial charge in [-0.3, -0.25) is 24.2 Å². The fourth-order valence-corrected chi connectivity index (χ4v) is 6.60. The summed E-state index contributed by atoms with van der Waals surface area (Å²) in [5, 5.41) is 0. The van der Waals surface area contributed by atoms with E-state index in [0.717, 1.165) is 44.0 Å². The maximum Gasteiger partial charge on any atom is 0.306 e. The Balaban J connectivity index is 1.11. The van der Waals surface area contributed by atoms with E-state index in [1.54, 1.807) is 6.20 Å². The highest BCUT2D eigenvalue weighted by Gasteiger charge is 2.59. The van der Waals surface area contributed by atoms with Crippen LogP contribution in [0.5, 0.6) is 0 Å². The average molecular weight is 515 g/mol. The Morgan fingerprint density at radius 1 is 0.895 bits per heavy atom. The van der Waals surface area contributed by atoms with E-state index in [4.69, 9.17) is 4.74 Å². The van der Waals surface area contributed by atoms with Crippen molar-refractivity contribution in [3.8, 4) is 0 Å². The molecule has 2 amide bonds. The number of ether oxygens (including phenoxy) is 1. The summed E-state index contributed by atoms with van der Waals surface area (Å²) in [6.07, 6.45) is 7.19. The Morgan fingerprint density at radius 3 is 2.24 bits per heavy atom. The van der Waals surface area contributed by atoms with Crippen molar-refractivity contribution in [2.24, 2.45) is 23.7 Å². The number of hydrogen-bond donors (Lipinski definition) is 0. The van der Waals surface area contributed by atoms with Crippen molar-refractivity contribution in [2.75, 3.05) is 44.2 Å². The predicted octanol–water partition coefficient (Wildman–Crippen LogP) is 2.56. The minimum absolute atomic E-state index is 0.0952. The number of nitrogens with zero attached hydrogens (tertiary/aromatic N) is 4. The van der Waals surface area contributed by atoms with Crippen molar-refractivity contribution in [3.05, 3.63) is 72.4 Å². The van der Waals surface area contributed by atoms with Crippen LogP contribution in [0, 0.1) is 23.7 Å². The highest BCUT2D eigenvalue weighted by atomic mass is 16.5. The number of fused-ring (bicyclic) bond motifs is 5. The van der Waals surface area contributed by atoms with Crippen LogP contribution in [0.2, 0.25) is 0 Å². The number of carbonyl (C=O) groups excluding carboxylic acids is 3. The molecule has 5 unspecified atom stereocenters. The SMILES string of the molecule is O=C(CCc1ccccc1)OC(CN1CCN(c2ccccn2)CC1)CN1C(=O)C2C3C=CC(C3)C2C1=O. The van der Waals surface area contributed by atoms with E-state index in [1.807, 2.05) is 48.5 Å². The van der Waals surface area contributed by atoms with Gasteiger partial charge in [0.15, 0.2) is 0 Å². The lowest BCUT2D eigenvalue weighted by molar-refractivity contribution is -0.155. The lowest BCUT2D eigenvalue weighted by atomic mass is 9.85. The van der Waals surface area contributed by atoms with Gasteiger partial charge in [0.25, 0.3) is 0 Å². The van der Waals surface area contributed by atoms with Crippen LogP contribution in [0.4, 0.5) is 5.82 Å². The zero-order valence-corrected chi connectivity index (χ0v) is 21.5. The number of pyridine rings is 1. The molecule has 8 heteroatoms. The third-order valence-electron chi connectivity index (χ3n) is 8.51. The van der Waals surface area contributed by atoms with Crippen molar-refractivity contribution in [3.63, 3.8) is 0 Å². The number of benzene rings is 1. The Bertz CT molecular complexity index is 1170. The van der Waals surface area contributed by atoms with Crippen molar-refractivity contribution in [1.82, 2.24) is 14.8 Å². The largest absolute Gasteiger partial charge is 0.459 e. The second kappa shape index (κ2) is 10.7. The predicted molar refractivity (Wildman–Crippen MR) is 142 cm³/mol. The molecule has 1 aromatic heterocycles. The first kappa shape index (κ1) is 24.8. The van der Waals surface area contributed by atoms with Crippen LogP contribution in [0.1, 0.15) is 18.4 Å². The van der Waals surface area contributed by atoms with Crippen molar-refractivity contribution in [2.45, 2.75) is 25.4 Å². The van der Waals surface area contributed by atoms with Gasteiger partial charge in [-0.05, 0) is 42.4 Å². The van der Waals surface area contributed by atoms with Crippen LogP contribution >= 0.6 is 0 Å². The minimum atomic E-state index is -0.558. The van der Waals surface area contributed by atoms with Crippen molar-refractivity contribution >= 4 is 23.6 Å². The molecule has 5 atom stereocenters. The van der Waals surface area contributed by atoms with E-state index in [0.29, 0.717) is 13.0 Å². The first-order chi connectivity index (χ1) is 18.6. The molecule has 6 rings (SSSR count). The number of piperazine rings is 1. The summed E-state index contributed by atoms with van der Waals surface area (Å²) in [7, 11) is 0. The summed E-state index contributed by atoms with van der Waals surface area (Å²) in [5.41, 5.74) is 1.08. The number of imide groups is 1. The summed E-state index contributed by atoms with van der Waals surface area (Å²) >= 11 is 0. The number of rotatable bonds is 9. The highest BCUT2D eigenvalue weighted by molar-refractivity contribution is 6.06. The molecular formula is C30H34N4O4. The number of hydrogen-bond acceptors (Lipinski definition) is 7. The number of esters is 1. The van der Waals surface area contributed by atoms with Gasteiger partial charge in [-0.1, -0.05) is 48.6 Å². The number of aromatic nitrogens is 1. The Kier molecular flexibility index (Phi) is 6.98. The van der Waals surface area contributed by atoms with Crippen LogP contribution in [0.25, 0.3) is 0 Å². The van der Waals surface area contributed by atoms with Crippen LogP contribution in [0.15, 0.2) is 66.9 Å². The third-order valence-corrected chi connectivity index (χ3v) is 8.51. The number of amides is 2. The van der Waals surface area contributed by atoms with Gasteiger partial charge in [0.2, 0.25) is 11.8 Å². The Labute approximate surface area is 223 Å². The van der Waals surface area contributed by atoms with Crippen LogP contribution in [-0.2, 0) is 25.5 Å². The van der Waals surface area contributed by atoms with E-state index in [-0.39, 0.29) is 54.4 Å². The van der Waals surface area contributed by atoms with Gasteiger partial charge < -0.3 is 9.64 Å². The normalized spacial score (nSPS) is 27.2. The van der Waals surface area contributed by atoms with Gasteiger partial charge in [0.1, 0.15) is 11.9 Å². The summed E-state index contributed by atoms with van der Waals surface area (Å²) in [6, 6.07) is 15.8. The average Bonchev–Trinajstić information content (AvgIpc) is 3.64. The summed E-state index contributed by atoms with van der Waals surface area (Å²) in [5.74, 6) is 0.314. The summed E-state index contributed by atoms with van der Waals surface area (Å²) in [4.78, 5) is 49.9. The second-order valence-electron chi connectivity index (χ2n) is 10.9. The molecule has 0 radical (unpaired) electrons. The molecule has 198 valence electrons. The van der Waals surface area contributed by atoms with Gasteiger partial charge in [0, 0.05) is 45.3 Å². The highest BCUT2D eigenvalue weighted by Crippen LogP contribution is 2.52. The molecule has 1 saturated carbocycles. The van der Waals surface area contributed by atoms with Gasteiger partial charge >= 0.3 is 5.97 Å². The topological polar surface area (TPSA) is 83.1 Å². The second-order valence-corrected chi connectivity index (χ2v) is 10.9. The zero-order valence-electron chi connectivity index (χ0n) is 21.5. The Hall–Kier alpha value is -3.52. The lowest BCUT2D eigenvalue weighted by Gasteiger charge is -2.37. The molecule has 0 N–H and O–H groups in total. The lowest BCUT2D eigenvalue weighted by Crippen LogP contribution is -2.51. The van der Waals surface area contributed by atoms with Crippen molar-refractivity contribution < 1.29 is 19.1 Å². The number of aryl methyl sites for hydroxylation is 1. The smallest absolute Gasteiger partial charge is 0.306 e. The Morgan fingerprint density at radius 2 is 1.58 bits per heavy atom. The van der Waals surface area contributed by atoms with Gasteiger partial charge in [-0.25, -0.2) is 4.98 Å². The van der Waals surface area contributed by atoms with E-state index < -0.39 is 6.10 Å². The van der Waals surface area contributed by atoms with Crippen LogP contribution in [0.3, 0.4) is 0 Å². The van der Waals surface area contributed by atoms with E-state index in [9.17, 15) is 14.4 Å². The molecule has 2 bridgehead atoms. The monoisotopic (exact) mass is 514 g/mol. The number of carbonyl (C=O) groups is 3. The van der Waals surface area contributed by atoms with Crippen LogP contribution < -0.4 is 4.90 Å². The molecule has 2 aliphatic carbocycles. The summed E-state index contributed by atoms with van der Waals surface area (Å²) in [6.45, 7) is 3.82. The van der Waals surface area contributed by atoms with Gasteiger partial charge in [0.05, 0.1) is 18.4 Å². The fraction of sp³-hybridized carbons (Fsp3) is 0.467. The maximum absolute atomic E-state index is 13.3. The quantitative estimate of drug-likeness (QED) is 0.289. The first-order valence-electron chi connectivity index (χ1n) is 13.7. The molecule has 2 aliphatic heterocycles. The third kappa shape index (κ3) is 4.97. The van der Waals surface area contributed by atoms with E-state index >= 15 is 0 Å². The van der Waals surface area contributed by atoms with E-state index in [1.165, 1.54) is 4.90 Å². The maximum atomic E-state index is 13.3. The molecular weight excluding hydrogens is 480 g/mol. The standard InChI is InChI=1S/C30H34N4O4/c35-26(12-9-21-6-2-1-3-7-21)38-24(19-32-14-16-33(17-15-32)25-8-4-5-13-31-25)20-34-29(36)27-22-10-11-23(18-22)28(27)30(34)37/h1-8,10-11,13,22-24,27-28H,9,12,14-20H2. The first-order valence-corrected chi connectivity index (χ1v) is 13.7. The molecule has 3 heterocycles. The fourth-order valence-electron chi connectivity index (χ4n) is 6.60. The zero-order chi connectivity index (χ0) is 26.1. The molecule has 38 heavy (non-hydrogen) atoms. The summed E-state index contributed by atoms with van der Waals surface area (Å²) < 4.78 is 5.97. The number of likely N-dealkylation sites (tertiary alicyclic amines) is 1. The van der Waals surface area contributed by atoms with Gasteiger partial charge in [-0.15, -0.1) is 0 Å². The molecule has 1 aromatic carbocycles. The van der Waals surface area contributed by atoms with Gasteiger partial charge in [-0.2, -0.15) is 0 Å². The molecule has 3 fully saturated rings. The molecule has 2 aromatic rings. The van der Waals surface area contributed by atoms with Crippen molar-refractivity contribution in [1.29, 1.82) is 0 Å². The molecule has 2 saturated heterocycles.